The Morgan fingerprint density at radius 2 is 2.40 bits per heavy atom. The average molecular weight is 146 g/mol. The van der Waals surface area contributed by atoms with E-state index in [9.17, 15) is 4.79 Å². The maximum absolute atomic E-state index is 10.7. The van der Waals surface area contributed by atoms with E-state index >= 15 is 0 Å². The molecule has 0 aliphatic carbocycles. The van der Waals surface area contributed by atoms with Crippen LogP contribution in [0.15, 0.2) is 0 Å². The first kappa shape index (κ1) is 7.50. The van der Waals surface area contributed by atoms with E-state index in [1.54, 1.807) is 7.11 Å². The SMILES string of the molecule is COCCOC(=O)C1CO1. The second-order valence-electron chi connectivity index (χ2n) is 1.98. The largest absolute Gasteiger partial charge is 0.461 e. The van der Waals surface area contributed by atoms with Gasteiger partial charge in [0.1, 0.15) is 6.61 Å². The fourth-order valence-electron chi connectivity index (χ4n) is 0.503. The van der Waals surface area contributed by atoms with Crippen LogP contribution in [0.3, 0.4) is 0 Å². The van der Waals surface area contributed by atoms with Crippen LogP contribution in [0.2, 0.25) is 0 Å². The summed E-state index contributed by atoms with van der Waals surface area (Å²) >= 11 is 0. The number of esters is 1. The van der Waals surface area contributed by atoms with Crippen molar-refractivity contribution in [1.29, 1.82) is 0 Å². The third-order valence-corrected chi connectivity index (χ3v) is 1.13. The van der Waals surface area contributed by atoms with Crippen LogP contribution in [0.4, 0.5) is 0 Å². The number of rotatable bonds is 4. The third-order valence-electron chi connectivity index (χ3n) is 1.13. The van der Waals surface area contributed by atoms with Crippen LogP contribution in [0.1, 0.15) is 0 Å². The maximum atomic E-state index is 10.7. The molecule has 0 saturated carbocycles. The van der Waals surface area contributed by atoms with Crippen molar-refractivity contribution in [3.8, 4) is 0 Å². The number of carbonyl (C=O) groups excluding carboxylic acids is 1. The Kier molecular flexibility index (Phi) is 2.65. The molecule has 4 nitrogen and oxygen atoms in total. The Morgan fingerprint density at radius 1 is 1.70 bits per heavy atom. The summed E-state index contributed by atoms with van der Waals surface area (Å²) in [5.41, 5.74) is 0. The van der Waals surface area contributed by atoms with E-state index < -0.39 is 0 Å². The molecule has 0 aromatic carbocycles. The summed E-state index contributed by atoms with van der Waals surface area (Å²) in [6.45, 7) is 1.26. The summed E-state index contributed by atoms with van der Waals surface area (Å²) in [6.07, 6.45) is -0.295. The van der Waals surface area contributed by atoms with Gasteiger partial charge in [0.25, 0.3) is 0 Å². The molecule has 1 saturated heterocycles. The molecule has 58 valence electrons. The minimum atomic E-state index is -0.295. The maximum Gasteiger partial charge on any atom is 0.337 e. The second kappa shape index (κ2) is 3.53. The molecule has 1 aliphatic rings. The molecule has 4 heteroatoms. The predicted molar refractivity (Wildman–Crippen MR) is 32.6 cm³/mol. The van der Waals surface area contributed by atoms with E-state index in [2.05, 4.69) is 9.47 Å². The molecule has 0 N–H and O–H groups in total. The molecule has 10 heavy (non-hydrogen) atoms. The molecule has 0 radical (unpaired) electrons. The number of ether oxygens (including phenoxy) is 3. The monoisotopic (exact) mass is 146 g/mol. The van der Waals surface area contributed by atoms with Gasteiger partial charge in [0.2, 0.25) is 0 Å². The molecule has 1 unspecified atom stereocenters. The zero-order valence-electron chi connectivity index (χ0n) is 5.83. The van der Waals surface area contributed by atoms with Crippen LogP contribution in [0, 0.1) is 0 Å². The molecule has 0 spiro atoms. The van der Waals surface area contributed by atoms with Crippen molar-refractivity contribution in [2.75, 3.05) is 26.9 Å². The van der Waals surface area contributed by atoms with Crippen molar-refractivity contribution in [3.63, 3.8) is 0 Å². The highest BCUT2D eigenvalue weighted by atomic mass is 16.6. The van der Waals surface area contributed by atoms with Crippen LogP contribution < -0.4 is 0 Å². The summed E-state index contributed by atoms with van der Waals surface area (Å²) in [7, 11) is 1.56. The molecule has 1 heterocycles. The average Bonchev–Trinajstić information content (AvgIpc) is 2.69. The van der Waals surface area contributed by atoms with Crippen molar-refractivity contribution in [2.45, 2.75) is 6.10 Å². The molecule has 1 fully saturated rings. The molecule has 0 aromatic heterocycles. The van der Waals surface area contributed by atoms with Gasteiger partial charge >= 0.3 is 5.97 Å². The standard InChI is InChI=1S/C6H10O4/c1-8-2-3-9-6(7)5-4-10-5/h5H,2-4H2,1H3. The van der Waals surface area contributed by atoms with E-state index in [0.717, 1.165) is 0 Å². The normalized spacial score (nSPS) is 22.3. The Hall–Kier alpha value is -0.610. The lowest BCUT2D eigenvalue weighted by molar-refractivity contribution is -0.146. The zero-order valence-corrected chi connectivity index (χ0v) is 5.83. The van der Waals surface area contributed by atoms with Crippen molar-refractivity contribution in [1.82, 2.24) is 0 Å². The lowest BCUT2D eigenvalue weighted by Crippen LogP contribution is -2.14. The summed E-state index contributed by atoms with van der Waals surface area (Å²) < 4.78 is 14.1. The number of epoxide rings is 1. The molecule has 0 aromatic rings. The van der Waals surface area contributed by atoms with Gasteiger partial charge in [0.15, 0.2) is 6.10 Å². The van der Waals surface area contributed by atoms with Gasteiger partial charge in [-0.15, -0.1) is 0 Å². The van der Waals surface area contributed by atoms with Crippen molar-refractivity contribution >= 4 is 5.97 Å². The third kappa shape index (κ3) is 2.33. The van der Waals surface area contributed by atoms with Gasteiger partial charge in [-0.1, -0.05) is 0 Å². The molecule has 1 atom stereocenters. The second-order valence-corrected chi connectivity index (χ2v) is 1.98. The predicted octanol–water partition coefficient (Wildman–Crippen LogP) is -0.425. The van der Waals surface area contributed by atoms with Crippen LogP contribution in [0.25, 0.3) is 0 Å². The molecule has 1 rings (SSSR count). The molecule has 1 aliphatic heterocycles. The summed E-state index contributed by atoms with van der Waals surface area (Å²) in [6, 6.07) is 0. The lowest BCUT2D eigenvalue weighted by atomic mass is 10.5. The Labute approximate surface area is 59.1 Å². The van der Waals surface area contributed by atoms with Gasteiger partial charge in [-0.2, -0.15) is 0 Å². The smallest absolute Gasteiger partial charge is 0.337 e. The number of methoxy groups -OCH3 is 1. The van der Waals surface area contributed by atoms with Crippen LogP contribution >= 0.6 is 0 Å². The van der Waals surface area contributed by atoms with E-state index in [0.29, 0.717) is 19.8 Å². The van der Waals surface area contributed by atoms with E-state index in [1.165, 1.54) is 0 Å². The number of hydrogen-bond acceptors (Lipinski definition) is 4. The van der Waals surface area contributed by atoms with Gasteiger partial charge in [-0.25, -0.2) is 4.79 Å². The molecule has 0 amide bonds. The van der Waals surface area contributed by atoms with Gasteiger partial charge < -0.3 is 14.2 Å². The quantitative estimate of drug-likeness (QED) is 0.307. The number of hydrogen-bond donors (Lipinski definition) is 0. The van der Waals surface area contributed by atoms with Crippen LogP contribution in [-0.4, -0.2) is 39.0 Å². The first-order chi connectivity index (χ1) is 4.84. The van der Waals surface area contributed by atoms with Gasteiger partial charge in [-0.05, 0) is 0 Å². The van der Waals surface area contributed by atoms with Gasteiger partial charge in [-0.3, -0.25) is 0 Å². The van der Waals surface area contributed by atoms with E-state index in [-0.39, 0.29) is 12.1 Å². The Morgan fingerprint density at radius 3 is 2.90 bits per heavy atom. The summed E-state index contributed by atoms with van der Waals surface area (Å²) in [5, 5.41) is 0. The van der Waals surface area contributed by atoms with Crippen molar-refractivity contribution < 1.29 is 19.0 Å². The Balaban J connectivity index is 1.95. The highest BCUT2D eigenvalue weighted by molar-refractivity contribution is 5.76. The fraction of sp³-hybridized carbons (Fsp3) is 0.833. The van der Waals surface area contributed by atoms with Crippen molar-refractivity contribution in [3.05, 3.63) is 0 Å². The van der Waals surface area contributed by atoms with E-state index in [1.807, 2.05) is 0 Å². The topological polar surface area (TPSA) is 48.1 Å². The highest BCUT2D eigenvalue weighted by Crippen LogP contribution is 2.09. The summed E-state index contributed by atoms with van der Waals surface area (Å²) in [5.74, 6) is -0.281. The van der Waals surface area contributed by atoms with E-state index in [4.69, 9.17) is 4.74 Å². The first-order valence-corrected chi connectivity index (χ1v) is 3.12. The zero-order chi connectivity index (χ0) is 7.40. The molecule has 0 bridgehead atoms. The van der Waals surface area contributed by atoms with Gasteiger partial charge in [0, 0.05) is 7.11 Å². The first-order valence-electron chi connectivity index (χ1n) is 3.12. The lowest BCUT2D eigenvalue weighted by Gasteiger charge is -1.99. The van der Waals surface area contributed by atoms with Crippen LogP contribution in [-0.2, 0) is 19.0 Å². The molecular weight excluding hydrogens is 136 g/mol. The molecular formula is C6H10O4. The minimum Gasteiger partial charge on any atom is -0.461 e. The van der Waals surface area contributed by atoms with Gasteiger partial charge in [0.05, 0.1) is 13.2 Å². The highest BCUT2D eigenvalue weighted by Gasteiger charge is 2.32. The van der Waals surface area contributed by atoms with Crippen molar-refractivity contribution in [2.24, 2.45) is 0 Å². The summed E-state index contributed by atoms with van der Waals surface area (Å²) in [4.78, 5) is 10.7. The van der Waals surface area contributed by atoms with Crippen LogP contribution in [0.5, 0.6) is 0 Å². The Bertz CT molecular complexity index is 119. The minimum absolute atomic E-state index is 0.281. The fourth-order valence-corrected chi connectivity index (χ4v) is 0.503. The number of carbonyl (C=O) groups is 1.